The Morgan fingerprint density at radius 3 is 2.59 bits per heavy atom. The van der Waals surface area contributed by atoms with E-state index in [-0.39, 0.29) is 0 Å². The van der Waals surface area contributed by atoms with Crippen LogP contribution >= 0.6 is 0 Å². The number of aliphatic imine (C=N–C) groups is 1. The number of isocyanates is 1. The molecular formula is C14H19NO2. The minimum Gasteiger partial charge on any atom is -0.496 e. The lowest BCUT2D eigenvalue weighted by Gasteiger charge is -2.17. The van der Waals surface area contributed by atoms with Crippen LogP contribution in [-0.4, -0.2) is 13.2 Å². The van der Waals surface area contributed by atoms with Gasteiger partial charge >= 0.3 is 0 Å². The Hall–Kier alpha value is -1.60. The van der Waals surface area contributed by atoms with Crippen LogP contribution in [0, 0.1) is 0 Å². The SMILES string of the molecule is CCc1ccc(C(C)C)c(CN=C=O)c1OC. The van der Waals surface area contributed by atoms with Crippen LogP contribution < -0.4 is 4.74 Å². The molecule has 0 N–H and O–H groups in total. The highest BCUT2D eigenvalue weighted by molar-refractivity contribution is 5.48. The van der Waals surface area contributed by atoms with Crippen LogP contribution in [0.2, 0.25) is 0 Å². The second-order valence-corrected chi connectivity index (χ2v) is 4.24. The summed E-state index contributed by atoms with van der Waals surface area (Å²) in [5.74, 6) is 1.24. The highest BCUT2D eigenvalue weighted by Crippen LogP contribution is 2.32. The second-order valence-electron chi connectivity index (χ2n) is 4.24. The molecule has 0 saturated heterocycles. The molecule has 17 heavy (non-hydrogen) atoms. The molecule has 3 nitrogen and oxygen atoms in total. The fraction of sp³-hybridized carbons (Fsp3) is 0.500. The van der Waals surface area contributed by atoms with Gasteiger partial charge in [-0.3, -0.25) is 0 Å². The number of benzene rings is 1. The van der Waals surface area contributed by atoms with Gasteiger partial charge in [-0.25, -0.2) is 9.79 Å². The molecular weight excluding hydrogens is 214 g/mol. The summed E-state index contributed by atoms with van der Waals surface area (Å²) in [6, 6.07) is 4.18. The van der Waals surface area contributed by atoms with Crippen LogP contribution in [0.25, 0.3) is 0 Å². The van der Waals surface area contributed by atoms with E-state index in [9.17, 15) is 4.79 Å². The molecule has 92 valence electrons. The lowest BCUT2D eigenvalue weighted by atomic mass is 9.93. The van der Waals surface area contributed by atoms with Crippen molar-refractivity contribution < 1.29 is 9.53 Å². The molecule has 3 heteroatoms. The van der Waals surface area contributed by atoms with Gasteiger partial charge in [0, 0.05) is 5.56 Å². The number of rotatable bonds is 5. The Morgan fingerprint density at radius 1 is 1.41 bits per heavy atom. The van der Waals surface area contributed by atoms with Crippen LogP contribution in [0.5, 0.6) is 5.75 Å². The Labute approximate surface area is 103 Å². The molecule has 1 aromatic rings. The van der Waals surface area contributed by atoms with Crippen molar-refractivity contribution in [1.82, 2.24) is 0 Å². The van der Waals surface area contributed by atoms with Gasteiger partial charge < -0.3 is 4.74 Å². The Kier molecular flexibility index (Phi) is 4.92. The Balaban J connectivity index is 3.37. The largest absolute Gasteiger partial charge is 0.496 e. The number of nitrogens with zero attached hydrogens (tertiary/aromatic N) is 1. The zero-order valence-electron chi connectivity index (χ0n) is 10.9. The van der Waals surface area contributed by atoms with E-state index in [1.54, 1.807) is 13.2 Å². The molecule has 0 fully saturated rings. The normalized spacial score (nSPS) is 10.2. The molecule has 0 aliphatic carbocycles. The Morgan fingerprint density at radius 2 is 2.12 bits per heavy atom. The molecule has 0 aromatic heterocycles. The first-order chi connectivity index (χ1) is 8.15. The molecule has 0 bridgehead atoms. The zero-order chi connectivity index (χ0) is 12.8. The third-order valence-electron chi connectivity index (χ3n) is 2.89. The van der Waals surface area contributed by atoms with Crippen molar-refractivity contribution in [2.45, 2.75) is 39.7 Å². The summed E-state index contributed by atoms with van der Waals surface area (Å²) in [6.07, 6.45) is 2.49. The van der Waals surface area contributed by atoms with E-state index >= 15 is 0 Å². The molecule has 0 aliphatic heterocycles. The van der Waals surface area contributed by atoms with E-state index in [1.165, 1.54) is 5.56 Å². The van der Waals surface area contributed by atoms with E-state index in [4.69, 9.17) is 4.74 Å². The smallest absolute Gasteiger partial charge is 0.235 e. The van der Waals surface area contributed by atoms with Crippen LogP contribution in [0.4, 0.5) is 0 Å². The first-order valence-electron chi connectivity index (χ1n) is 5.87. The average molecular weight is 233 g/mol. The van der Waals surface area contributed by atoms with Gasteiger partial charge in [-0.15, -0.1) is 0 Å². The van der Waals surface area contributed by atoms with Crippen molar-refractivity contribution in [3.8, 4) is 5.75 Å². The fourth-order valence-corrected chi connectivity index (χ4v) is 2.04. The maximum Gasteiger partial charge on any atom is 0.235 e. The van der Waals surface area contributed by atoms with Gasteiger partial charge in [0.15, 0.2) is 0 Å². The van der Waals surface area contributed by atoms with Gasteiger partial charge in [0.25, 0.3) is 0 Å². The number of methoxy groups -OCH3 is 1. The molecule has 0 saturated carbocycles. The van der Waals surface area contributed by atoms with E-state index < -0.39 is 0 Å². The first-order valence-corrected chi connectivity index (χ1v) is 5.87. The quantitative estimate of drug-likeness (QED) is 0.578. The highest BCUT2D eigenvalue weighted by atomic mass is 16.5. The first kappa shape index (κ1) is 13.5. The highest BCUT2D eigenvalue weighted by Gasteiger charge is 2.14. The van der Waals surface area contributed by atoms with Crippen LogP contribution in [0.15, 0.2) is 17.1 Å². The predicted molar refractivity (Wildman–Crippen MR) is 68.3 cm³/mol. The Bertz CT molecular complexity index is 432. The van der Waals surface area contributed by atoms with Crippen LogP contribution in [-0.2, 0) is 17.8 Å². The average Bonchev–Trinajstić information content (AvgIpc) is 2.34. The fourth-order valence-electron chi connectivity index (χ4n) is 2.04. The summed E-state index contributed by atoms with van der Waals surface area (Å²) < 4.78 is 5.47. The zero-order valence-corrected chi connectivity index (χ0v) is 10.9. The third kappa shape index (κ3) is 2.95. The summed E-state index contributed by atoms with van der Waals surface area (Å²) in [7, 11) is 1.66. The lowest BCUT2D eigenvalue weighted by Crippen LogP contribution is -2.02. The third-order valence-corrected chi connectivity index (χ3v) is 2.89. The summed E-state index contributed by atoms with van der Waals surface area (Å²) in [5, 5.41) is 0. The number of hydrogen-bond donors (Lipinski definition) is 0. The predicted octanol–water partition coefficient (Wildman–Crippen LogP) is 3.22. The van der Waals surface area contributed by atoms with Crippen molar-refractivity contribution in [3.63, 3.8) is 0 Å². The summed E-state index contributed by atoms with van der Waals surface area (Å²) in [4.78, 5) is 14.0. The lowest BCUT2D eigenvalue weighted by molar-refractivity contribution is 0.404. The van der Waals surface area contributed by atoms with E-state index in [0.717, 1.165) is 23.3 Å². The molecule has 0 unspecified atom stereocenters. The number of ether oxygens (including phenoxy) is 1. The van der Waals surface area contributed by atoms with E-state index in [1.807, 2.05) is 0 Å². The van der Waals surface area contributed by atoms with Crippen molar-refractivity contribution in [3.05, 3.63) is 28.8 Å². The molecule has 0 amide bonds. The standard InChI is InChI=1S/C14H19NO2/c1-5-11-6-7-12(10(2)3)13(8-15-9-16)14(11)17-4/h6-7,10H,5,8H2,1-4H3. The number of hydrogen-bond acceptors (Lipinski definition) is 3. The van der Waals surface area contributed by atoms with Gasteiger partial charge in [-0.2, -0.15) is 0 Å². The van der Waals surface area contributed by atoms with Crippen molar-refractivity contribution in [2.75, 3.05) is 7.11 Å². The van der Waals surface area contributed by atoms with Crippen molar-refractivity contribution >= 4 is 6.08 Å². The molecule has 0 aliphatic rings. The maximum absolute atomic E-state index is 10.3. The number of aryl methyl sites for hydroxylation is 1. The van der Waals surface area contributed by atoms with Gasteiger partial charge in [0.1, 0.15) is 5.75 Å². The minimum absolute atomic E-state index is 0.341. The topological polar surface area (TPSA) is 38.7 Å². The van der Waals surface area contributed by atoms with Crippen molar-refractivity contribution in [2.24, 2.45) is 4.99 Å². The molecule has 0 radical (unpaired) electrons. The molecule has 1 aromatic carbocycles. The van der Waals surface area contributed by atoms with Gasteiger partial charge in [-0.1, -0.05) is 32.9 Å². The number of carbonyl (C=O) groups excluding carboxylic acids is 1. The van der Waals surface area contributed by atoms with Crippen LogP contribution in [0.1, 0.15) is 43.4 Å². The van der Waals surface area contributed by atoms with Gasteiger partial charge in [-0.05, 0) is 23.5 Å². The molecule has 0 atom stereocenters. The maximum atomic E-state index is 10.3. The van der Waals surface area contributed by atoms with Crippen molar-refractivity contribution in [1.29, 1.82) is 0 Å². The molecule has 0 spiro atoms. The van der Waals surface area contributed by atoms with E-state index in [2.05, 4.69) is 37.9 Å². The summed E-state index contributed by atoms with van der Waals surface area (Å²) >= 11 is 0. The van der Waals surface area contributed by atoms with E-state index in [0.29, 0.717) is 12.5 Å². The second kappa shape index (κ2) is 6.21. The minimum atomic E-state index is 0.341. The summed E-state index contributed by atoms with van der Waals surface area (Å²) in [6.45, 7) is 6.66. The molecule has 1 rings (SSSR count). The van der Waals surface area contributed by atoms with Gasteiger partial charge in [0.05, 0.1) is 13.7 Å². The monoisotopic (exact) mass is 233 g/mol. The van der Waals surface area contributed by atoms with Gasteiger partial charge in [0.2, 0.25) is 6.08 Å². The summed E-state index contributed by atoms with van der Waals surface area (Å²) in [5.41, 5.74) is 3.33. The van der Waals surface area contributed by atoms with Crippen LogP contribution in [0.3, 0.4) is 0 Å². The molecule has 0 heterocycles.